The molecule has 3 heterocycles. The predicted molar refractivity (Wildman–Crippen MR) is 144 cm³/mol. The molecule has 2 atom stereocenters. The van der Waals surface area contributed by atoms with Gasteiger partial charge in [-0.25, -0.2) is 4.99 Å². The molecule has 0 fully saturated rings. The molecule has 2 amide bonds. The van der Waals surface area contributed by atoms with Crippen molar-refractivity contribution in [2.75, 3.05) is 13.2 Å². The fourth-order valence-corrected chi connectivity index (χ4v) is 5.06. The number of aliphatic imine (C=N–C) groups is 1. The van der Waals surface area contributed by atoms with E-state index in [4.69, 9.17) is 15.2 Å². The van der Waals surface area contributed by atoms with E-state index in [0.29, 0.717) is 18.6 Å². The van der Waals surface area contributed by atoms with Crippen LogP contribution in [0.2, 0.25) is 0 Å². The van der Waals surface area contributed by atoms with E-state index in [1.54, 1.807) is 0 Å². The van der Waals surface area contributed by atoms with Crippen molar-refractivity contribution < 1.29 is 19.1 Å². The minimum atomic E-state index is -0.244. The van der Waals surface area contributed by atoms with Crippen molar-refractivity contribution in [2.24, 2.45) is 16.6 Å². The van der Waals surface area contributed by atoms with Gasteiger partial charge in [-0.05, 0) is 61.9 Å². The highest BCUT2D eigenvalue weighted by molar-refractivity contribution is 5.98. The number of carbonyl (C=O) groups excluding carboxylic acids is 2. The van der Waals surface area contributed by atoms with Crippen LogP contribution in [0.1, 0.15) is 80.4 Å². The smallest absolute Gasteiger partial charge is 0.251 e. The summed E-state index contributed by atoms with van der Waals surface area (Å²) >= 11 is 0. The molecule has 8 heteroatoms. The minimum absolute atomic E-state index is 0.0220. The number of nitrogens with two attached hydrogens (primary N) is 1. The Morgan fingerprint density at radius 2 is 1.92 bits per heavy atom. The van der Waals surface area contributed by atoms with E-state index in [0.717, 1.165) is 61.3 Å². The number of amides is 2. The van der Waals surface area contributed by atoms with Gasteiger partial charge in [0.05, 0.1) is 31.2 Å². The van der Waals surface area contributed by atoms with Gasteiger partial charge in [0, 0.05) is 17.0 Å². The molecule has 0 radical (unpaired) electrons. The van der Waals surface area contributed by atoms with Gasteiger partial charge in [-0.3, -0.25) is 14.9 Å². The molecule has 2 aromatic carbocycles. The van der Waals surface area contributed by atoms with Crippen molar-refractivity contribution in [3.63, 3.8) is 0 Å². The Balaban J connectivity index is 0.000000225. The van der Waals surface area contributed by atoms with E-state index in [1.807, 2.05) is 56.3 Å². The molecule has 0 aliphatic carbocycles. The number of fused-ring (bicyclic) bond motifs is 2. The van der Waals surface area contributed by atoms with Gasteiger partial charge in [-0.1, -0.05) is 39.0 Å². The van der Waals surface area contributed by atoms with Gasteiger partial charge in [0.2, 0.25) is 5.91 Å². The maximum absolute atomic E-state index is 12.8. The first kappa shape index (κ1) is 26.5. The summed E-state index contributed by atoms with van der Waals surface area (Å²) in [6.45, 7) is 7.53. The van der Waals surface area contributed by atoms with E-state index >= 15 is 0 Å². The number of carbonyl (C=O) groups is 2. The number of ether oxygens (including phenoxy) is 2. The van der Waals surface area contributed by atoms with E-state index in [2.05, 4.69) is 22.5 Å². The Bertz CT molecular complexity index is 1160. The molecule has 2 aromatic rings. The van der Waals surface area contributed by atoms with Crippen molar-refractivity contribution in [3.8, 4) is 11.5 Å². The molecular weight excluding hydrogens is 468 g/mol. The van der Waals surface area contributed by atoms with Crippen LogP contribution in [0.3, 0.4) is 0 Å². The van der Waals surface area contributed by atoms with Gasteiger partial charge in [-0.2, -0.15) is 0 Å². The van der Waals surface area contributed by atoms with E-state index in [1.165, 1.54) is 0 Å². The van der Waals surface area contributed by atoms with Crippen LogP contribution in [0.25, 0.3) is 0 Å². The maximum atomic E-state index is 12.8. The standard InChI is InChI=1S/C21H23NO3.C8H15N3O/c1-14-13-25-19-8-3-2-7-17(19)20(14)22-21(23)16-9-10-18-15(12-16)6-4-5-11-24-18;1-3-8(4-2)5-6(12)10-7(9)11-8/h2-3,7-10,12,14,20H,4-6,11,13H2,1H3,(H,22,23);3-5H2,1-2H3,(H3,9,10,11,12). The normalized spacial score (nSPS) is 21.7. The molecule has 0 saturated heterocycles. The highest BCUT2D eigenvalue weighted by atomic mass is 16.5. The molecule has 4 N–H and O–H groups in total. The van der Waals surface area contributed by atoms with Crippen LogP contribution in [0.4, 0.5) is 0 Å². The second-order valence-electron chi connectivity index (χ2n) is 10.1. The number of hydrogen-bond acceptors (Lipinski definition) is 6. The number of nitrogens with zero attached hydrogens (tertiary/aromatic N) is 1. The van der Waals surface area contributed by atoms with Crippen molar-refractivity contribution in [2.45, 2.75) is 70.9 Å². The van der Waals surface area contributed by atoms with Gasteiger partial charge in [0.15, 0.2) is 5.96 Å². The van der Waals surface area contributed by atoms with Crippen molar-refractivity contribution in [1.29, 1.82) is 0 Å². The summed E-state index contributed by atoms with van der Waals surface area (Å²) in [6, 6.07) is 13.7. The fourth-order valence-electron chi connectivity index (χ4n) is 5.06. The molecule has 8 nitrogen and oxygen atoms in total. The molecule has 5 rings (SSSR count). The lowest BCUT2D eigenvalue weighted by molar-refractivity contribution is -0.121. The van der Waals surface area contributed by atoms with Crippen LogP contribution < -0.4 is 25.8 Å². The SMILES string of the molecule is CC1COc2ccccc2C1NC(=O)c1ccc2c(c1)CCCCO2.CCC1(CC)CC(=O)NC(N)=N1. The third kappa shape index (κ3) is 6.24. The largest absolute Gasteiger partial charge is 0.493 e. The van der Waals surface area contributed by atoms with Gasteiger partial charge in [0.25, 0.3) is 5.91 Å². The molecule has 3 aliphatic heterocycles. The number of guanidine groups is 1. The number of aryl methyl sites for hydroxylation is 1. The maximum Gasteiger partial charge on any atom is 0.251 e. The number of rotatable bonds is 4. The molecule has 37 heavy (non-hydrogen) atoms. The summed E-state index contributed by atoms with van der Waals surface area (Å²) in [5.74, 6) is 2.20. The molecule has 0 bridgehead atoms. The highest BCUT2D eigenvalue weighted by Crippen LogP contribution is 2.35. The van der Waals surface area contributed by atoms with Crippen LogP contribution >= 0.6 is 0 Å². The molecular formula is C29H38N4O4. The van der Waals surface area contributed by atoms with Gasteiger partial charge >= 0.3 is 0 Å². The zero-order valence-electron chi connectivity index (χ0n) is 22.0. The molecule has 2 unspecified atom stereocenters. The molecule has 198 valence electrons. The number of hydrogen-bond donors (Lipinski definition) is 3. The van der Waals surface area contributed by atoms with Crippen molar-refractivity contribution in [3.05, 3.63) is 59.2 Å². The van der Waals surface area contributed by atoms with Gasteiger partial charge in [-0.15, -0.1) is 0 Å². The highest BCUT2D eigenvalue weighted by Gasteiger charge is 2.32. The van der Waals surface area contributed by atoms with Crippen LogP contribution in [0.15, 0.2) is 47.5 Å². The summed E-state index contributed by atoms with van der Waals surface area (Å²) in [5.41, 5.74) is 8.10. The summed E-state index contributed by atoms with van der Waals surface area (Å²) in [4.78, 5) is 28.2. The zero-order chi connectivity index (χ0) is 26.4. The average molecular weight is 507 g/mol. The fraction of sp³-hybridized carbons (Fsp3) is 0.483. The quantitative estimate of drug-likeness (QED) is 0.573. The lowest BCUT2D eigenvalue weighted by atomic mass is 9.88. The Hall–Kier alpha value is -3.55. The third-order valence-corrected chi connectivity index (χ3v) is 7.46. The van der Waals surface area contributed by atoms with Crippen LogP contribution in [0, 0.1) is 5.92 Å². The molecule has 0 saturated carbocycles. The summed E-state index contributed by atoms with van der Waals surface area (Å²) < 4.78 is 11.5. The summed E-state index contributed by atoms with van der Waals surface area (Å²) in [5, 5.41) is 5.70. The lowest BCUT2D eigenvalue weighted by Crippen LogP contribution is -2.48. The summed E-state index contributed by atoms with van der Waals surface area (Å²) in [7, 11) is 0. The third-order valence-electron chi connectivity index (χ3n) is 7.46. The van der Waals surface area contributed by atoms with Crippen LogP contribution in [-0.2, 0) is 11.2 Å². The first-order chi connectivity index (χ1) is 17.8. The van der Waals surface area contributed by atoms with Crippen molar-refractivity contribution >= 4 is 17.8 Å². The van der Waals surface area contributed by atoms with E-state index in [9.17, 15) is 9.59 Å². The second-order valence-corrected chi connectivity index (χ2v) is 10.1. The minimum Gasteiger partial charge on any atom is -0.493 e. The molecule has 0 aromatic heterocycles. The van der Waals surface area contributed by atoms with E-state index < -0.39 is 0 Å². The summed E-state index contributed by atoms with van der Waals surface area (Å²) in [6.07, 6.45) is 5.30. The lowest BCUT2D eigenvalue weighted by Gasteiger charge is -2.32. The van der Waals surface area contributed by atoms with Crippen molar-refractivity contribution in [1.82, 2.24) is 10.6 Å². The Kier molecular flexibility index (Phi) is 8.36. The zero-order valence-corrected chi connectivity index (χ0v) is 22.0. The van der Waals surface area contributed by atoms with Crippen LogP contribution in [0.5, 0.6) is 11.5 Å². The predicted octanol–water partition coefficient (Wildman–Crippen LogP) is 4.28. The number of para-hydroxylation sites is 1. The number of nitrogens with one attached hydrogen (secondary N) is 2. The van der Waals surface area contributed by atoms with Crippen LogP contribution in [-0.4, -0.2) is 36.5 Å². The number of benzene rings is 2. The monoisotopic (exact) mass is 506 g/mol. The van der Waals surface area contributed by atoms with E-state index in [-0.39, 0.29) is 35.3 Å². The molecule has 3 aliphatic rings. The Morgan fingerprint density at radius 3 is 2.68 bits per heavy atom. The van der Waals surface area contributed by atoms with Gasteiger partial charge in [0.1, 0.15) is 11.5 Å². The topological polar surface area (TPSA) is 115 Å². The second kappa shape index (κ2) is 11.7. The molecule has 0 spiro atoms. The Morgan fingerprint density at radius 1 is 1.14 bits per heavy atom. The Labute approximate surface area is 219 Å². The average Bonchev–Trinajstić information content (AvgIpc) is 3.15. The first-order valence-electron chi connectivity index (χ1n) is 13.3. The first-order valence-corrected chi connectivity index (χ1v) is 13.3. The van der Waals surface area contributed by atoms with Gasteiger partial charge < -0.3 is 20.5 Å².